The van der Waals surface area contributed by atoms with E-state index in [1.54, 1.807) is 5.57 Å². The zero-order valence-corrected chi connectivity index (χ0v) is 18.4. The van der Waals surface area contributed by atoms with E-state index in [1.165, 1.54) is 26.2 Å². The van der Waals surface area contributed by atoms with Gasteiger partial charge in [0.05, 0.1) is 0 Å². The molecule has 0 bridgehead atoms. The number of ether oxygens (including phenoxy) is 1. The van der Waals surface area contributed by atoms with Crippen molar-refractivity contribution in [3.63, 3.8) is 0 Å². The topological polar surface area (TPSA) is 43.4 Å². The van der Waals surface area contributed by atoms with Gasteiger partial charge in [-0.2, -0.15) is 0 Å². The second-order valence-corrected chi connectivity index (χ2v) is 10.8. The van der Waals surface area contributed by atoms with Crippen LogP contribution in [0.1, 0.15) is 86.0 Å². The lowest BCUT2D eigenvalue weighted by molar-refractivity contribution is -0.149. The molecule has 0 aromatic rings. The molecule has 2 unspecified atom stereocenters. The van der Waals surface area contributed by atoms with E-state index in [9.17, 15) is 9.59 Å². The maximum Gasteiger partial charge on any atom is 0.302 e. The normalized spacial score (nSPS) is 47.4. The third-order valence-corrected chi connectivity index (χ3v) is 9.53. The van der Waals surface area contributed by atoms with Gasteiger partial charge in [-0.05, 0) is 80.0 Å². The van der Waals surface area contributed by atoms with Gasteiger partial charge in [-0.1, -0.05) is 38.8 Å². The van der Waals surface area contributed by atoms with E-state index in [2.05, 4.69) is 26.8 Å². The summed E-state index contributed by atoms with van der Waals surface area (Å²) in [4.78, 5) is 24.0. The monoisotopic (exact) mass is 386 g/mol. The SMILES string of the molecule is CCC1C[C@H]2[C@@H]3CC=C4CC(OC(C)=O)CC[C@]4(C)[C@H]3CC[C@]2(C)[C@H]1C(C)=O. The van der Waals surface area contributed by atoms with Gasteiger partial charge >= 0.3 is 5.97 Å². The molecule has 3 fully saturated rings. The first-order chi connectivity index (χ1) is 13.2. The minimum absolute atomic E-state index is 0.0697. The van der Waals surface area contributed by atoms with Crippen molar-refractivity contribution < 1.29 is 14.3 Å². The summed E-state index contributed by atoms with van der Waals surface area (Å²) in [5.41, 5.74) is 2.00. The fraction of sp³-hybridized carbons (Fsp3) is 0.840. The molecule has 4 rings (SSSR count). The number of carbonyl (C=O) groups excluding carboxylic acids is 2. The third-order valence-electron chi connectivity index (χ3n) is 9.53. The summed E-state index contributed by atoms with van der Waals surface area (Å²) in [6.45, 7) is 10.6. The van der Waals surface area contributed by atoms with Crippen LogP contribution in [0.2, 0.25) is 0 Å². The van der Waals surface area contributed by atoms with Gasteiger partial charge < -0.3 is 4.74 Å². The minimum atomic E-state index is -0.150. The summed E-state index contributed by atoms with van der Waals surface area (Å²) in [7, 11) is 0. The van der Waals surface area contributed by atoms with Crippen LogP contribution in [0.3, 0.4) is 0 Å². The highest BCUT2D eigenvalue weighted by molar-refractivity contribution is 5.80. The molecule has 156 valence electrons. The lowest BCUT2D eigenvalue weighted by Crippen LogP contribution is -2.51. The first-order valence-electron chi connectivity index (χ1n) is 11.6. The van der Waals surface area contributed by atoms with Crippen LogP contribution >= 0.6 is 0 Å². The van der Waals surface area contributed by atoms with Crippen molar-refractivity contribution in [1.29, 1.82) is 0 Å². The molecule has 0 saturated heterocycles. The highest BCUT2D eigenvalue weighted by Gasteiger charge is 2.61. The molecule has 0 aromatic heterocycles. The smallest absolute Gasteiger partial charge is 0.302 e. The van der Waals surface area contributed by atoms with Crippen molar-refractivity contribution >= 4 is 11.8 Å². The number of esters is 1. The van der Waals surface area contributed by atoms with E-state index in [4.69, 9.17) is 4.74 Å². The molecule has 28 heavy (non-hydrogen) atoms. The van der Waals surface area contributed by atoms with Crippen molar-refractivity contribution in [2.45, 2.75) is 92.1 Å². The number of Topliss-reactive ketones (excluding diaryl/α,β-unsaturated/α-hetero) is 1. The van der Waals surface area contributed by atoms with E-state index >= 15 is 0 Å². The molecule has 3 nitrogen and oxygen atoms in total. The molecule has 0 aliphatic heterocycles. The van der Waals surface area contributed by atoms with Gasteiger partial charge in [0.25, 0.3) is 0 Å². The number of carbonyl (C=O) groups is 2. The Labute approximate surface area is 170 Å². The largest absolute Gasteiger partial charge is 0.462 e. The summed E-state index contributed by atoms with van der Waals surface area (Å²) >= 11 is 0. The Bertz CT molecular complexity index is 694. The van der Waals surface area contributed by atoms with Gasteiger partial charge in [0, 0.05) is 19.3 Å². The molecule has 4 aliphatic carbocycles. The molecule has 0 spiro atoms. The van der Waals surface area contributed by atoms with Crippen LogP contribution in [-0.4, -0.2) is 17.9 Å². The Morgan fingerprint density at radius 1 is 1.14 bits per heavy atom. The van der Waals surface area contributed by atoms with Gasteiger partial charge in [0.15, 0.2) is 0 Å². The molecular weight excluding hydrogens is 348 g/mol. The second-order valence-electron chi connectivity index (χ2n) is 10.8. The standard InChI is InChI=1S/C25H38O3/c1-6-17-13-22-20-8-7-18-14-19(28-16(3)27)9-11-24(18,4)21(20)10-12-25(22,5)23(17)15(2)26/h7,17,19-23H,6,8-14H2,1-5H3/t17?,19?,20-,21+,22+,23+,24+,25+/m1/s1. The summed E-state index contributed by atoms with van der Waals surface area (Å²) < 4.78 is 5.56. The average molecular weight is 387 g/mol. The number of allylic oxidation sites excluding steroid dienone is 1. The second kappa shape index (κ2) is 6.99. The summed E-state index contributed by atoms with van der Waals surface area (Å²) in [6, 6.07) is 0. The number of ketones is 1. The van der Waals surface area contributed by atoms with Gasteiger partial charge in [0.1, 0.15) is 11.9 Å². The highest BCUT2D eigenvalue weighted by atomic mass is 16.5. The summed E-state index contributed by atoms with van der Waals surface area (Å²) in [5.74, 6) is 3.25. The molecule has 0 radical (unpaired) electrons. The van der Waals surface area contributed by atoms with Crippen molar-refractivity contribution in [2.75, 3.05) is 0 Å². The van der Waals surface area contributed by atoms with E-state index in [0.29, 0.717) is 17.6 Å². The van der Waals surface area contributed by atoms with Crippen LogP contribution in [0, 0.1) is 40.4 Å². The van der Waals surface area contributed by atoms with Crippen molar-refractivity contribution in [1.82, 2.24) is 0 Å². The predicted molar refractivity (Wildman–Crippen MR) is 111 cm³/mol. The number of rotatable bonds is 3. The summed E-state index contributed by atoms with van der Waals surface area (Å²) in [5, 5.41) is 0. The van der Waals surface area contributed by atoms with Crippen LogP contribution in [0.4, 0.5) is 0 Å². The van der Waals surface area contributed by atoms with Crippen LogP contribution in [0.25, 0.3) is 0 Å². The molecule has 8 atom stereocenters. The fourth-order valence-corrected chi connectivity index (χ4v) is 8.34. The molecular formula is C25H38O3. The van der Waals surface area contributed by atoms with E-state index < -0.39 is 0 Å². The molecule has 0 heterocycles. The van der Waals surface area contributed by atoms with Crippen LogP contribution in [0.5, 0.6) is 0 Å². The average Bonchev–Trinajstić information content (AvgIpc) is 2.94. The summed E-state index contributed by atoms with van der Waals surface area (Å²) in [6.07, 6.45) is 11.6. The maximum atomic E-state index is 12.6. The first-order valence-corrected chi connectivity index (χ1v) is 11.6. The Morgan fingerprint density at radius 3 is 2.54 bits per heavy atom. The number of fused-ring (bicyclic) bond motifs is 5. The highest BCUT2D eigenvalue weighted by Crippen LogP contribution is 2.67. The van der Waals surface area contributed by atoms with Gasteiger partial charge in [-0.15, -0.1) is 0 Å². The molecule has 0 amide bonds. The van der Waals surface area contributed by atoms with Crippen molar-refractivity contribution in [3.8, 4) is 0 Å². The van der Waals surface area contributed by atoms with E-state index in [-0.39, 0.29) is 28.8 Å². The molecule has 0 aromatic carbocycles. The molecule has 3 saturated carbocycles. The lowest BCUT2D eigenvalue weighted by Gasteiger charge is -2.58. The Balaban J connectivity index is 1.61. The Kier molecular flexibility index (Phi) is 5.03. The zero-order chi connectivity index (χ0) is 20.3. The predicted octanol–water partition coefficient (Wildman–Crippen LogP) is 5.72. The zero-order valence-electron chi connectivity index (χ0n) is 18.4. The first kappa shape index (κ1) is 20.2. The van der Waals surface area contributed by atoms with Crippen LogP contribution < -0.4 is 0 Å². The number of hydrogen-bond donors (Lipinski definition) is 0. The van der Waals surface area contributed by atoms with Crippen LogP contribution in [0.15, 0.2) is 11.6 Å². The van der Waals surface area contributed by atoms with Gasteiger partial charge in [-0.3, -0.25) is 9.59 Å². The molecule has 4 aliphatic rings. The number of hydrogen-bond acceptors (Lipinski definition) is 3. The Hall–Kier alpha value is -1.12. The van der Waals surface area contributed by atoms with Crippen molar-refractivity contribution in [2.24, 2.45) is 40.4 Å². The van der Waals surface area contributed by atoms with Crippen LogP contribution in [-0.2, 0) is 14.3 Å². The quantitative estimate of drug-likeness (QED) is 0.460. The lowest BCUT2D eigenvalue weighted by atomic mass is 9.47. The third kappa shape index (κ3) is 2.91. The van der Waals surface area contributed by atoms with E-state index in [1.807, 2.05) is 6.92 Å². The van der Waals surface area contributed by atoms with Gasteiger partial charge in [-0.25, -0.2) is 0 Å². The Morgan fingerprint density at radius 2 is 1.89 bits per heavy atom. The van der Waals surface area contributed by atoms with E-state index in [0.717, 1.165) is 43.9 Å². The fourth-order valence-electron chi connectivity index (χ4n) is 8.34. The molecule has 0 N–H and O–H groups in total. The van der Waals surface area contributed by atoms with Crippen molar-refractivity contribution in [3.05, 3.63) is 11.6 Å². The molecule has 3 heteroatoms. The minimum Gasteiger partial charge on any atom is -0.462 e. The van der Waals surface area contributed by atoms with Gasteiger partial charge in [0.2, 0.25) is 0 Å². The maximum absolute atomic E-state index is 12.6.